The topological polar surface area (TPSA) is 20.2 Å². The van der Waals surface area contributed by atoms with Crippen LogP contribution >= 0.6 is 11.6 Å². The van der Waals surface area contributed by atoms with E-state index in [9.17, 15) is 5.11 Å². The zero-order valence-electron chi connectivity index (χ0n) is 17.0. The minimum atomic E-state index is -0.271. The van der Waals surface area contributed by atoms with Crippen molar-refractivity contribution in [3.63, 3.8) is 0 Å². The van der Waals surface area contributed by atoms with Gasteiger partial charge < -0.3 is 9.59 Å². The Balaban J connectivity index is 4.05. The van der Waals surface area contributed by atoms with Crippen LogP contribution in [0.1, 0.15) is 105 Å². The van der Waals surface area contributed by atoms with Crippen LogP contribution in [0.15, 0.2) is 0 Å². The van der Waals surface area contributed by atoms with E-state index in [1.165, 1.54) is 64.2 Å². The van der Waals surface area contributed by atoms with E-state index < -0.39 is 0 Å². The maximum atomic E-state index is 9.95. The highest BCUT2D eigenvalue weighted by molar-refractivity contribution is 6.19. The van der Waals surface area contributed by atoms with Crippen molar-refractivity contribution in [3.8, 4) is 0 Å². The number of hydrogen-bond donors (Lipinski definition) is 1. The second-order valence-electron chi connectivity index (χ2n) is 7.72. The lowest BCUT2D eigenvalue weighted by atomic mass is 10.1. The highest BCUT2D eigenvalue weighted by atomic mass is 35.5. The van der Waals surface area contributed by atoms with Crippen LogP contribution in [0.4, 0.5) is 0 Å². The quantitative estimate of drug-likeness (QED) is 0.136. The molecule has 0 saturated carbocycles. The van der Waals surface area contributed by atoms with E-state index in [0.717, 1.165) is 37.0 Å². The maximum absolute atomic E-state index is 9.95. The Labute approximate surface area is 157 Å². The summed E-state index contributed by atoms with van der Waals surface area (Å²) in [5, 5.41) is 9.95. The van der Waals surface area contributed by atoms with Gasteiger partial charge in [0.05, 0.1) is 13.1 Å². The second-order valence-corrected chi connectivity index (χ2v) is 8.23. The van der Waals surface area contributed by atoms with Gasteiger partial charge in [-0.2, -0.15) is 0 Å². The molecule has 0 bridgehead atoms. The molecule has 0 radical (unpaired) electrons. The van der Waals surface area contributed by atoms with E-state index in [1.807, 2.05) is 6.92 Å². The standard InChI is InChI=1S/C21H45ClNO/c1-5-8-9-10-11-12-13-14-15-16-18-23(17-6-2,19-20(4)24)21(22)7-3/h20-21,24H,5-19H2,1-4H3/q+1. The Kier molecular flexibility index (Phi) is 15.6. The number of hydrogen-bond acceptors (Lipinski definition) is 1. The molecule has 0 amide bonds. The summed E-state index contributed by atoms with van der Waals surface area (Å²) in [6.45, 7) is 11.6. The Bertz CT molecular complexity index is 273. The lowest BCUT2D eigenvalue weighted by Crippen LogP contribution is -2.57. The van der Waals surface area contributed by atoms with E-state index in [2.05, 4.69) is 20.8 Å². The van der Waals surface area contributed by atoms with Crippen molar-refractivity contribution in [2.45, 2.75) is 116 Å². The van der Waals surface area contributed by atoms with Gasteiger partial charge in [0.1, 0.15) is 12.6 Å². The van der Waals surface area contributed by atoms with Crippen LogP contribution in [-0.2, 0) is 0 Å². The van der Waals surface area contributed by atoms with Crippen molar-refractivity contribution in [2.75, 3.05) is 19.6 Å². The summed E-state index contributed by atoms with van der Waals surface area (Å²) in [6, 6.07) is 0. The number of aliphatic hydroxyl groups excluding tert-OH is 1. The fraction of sp³-hybridized carbons (Fsp3) is 1.00. The molecule has 0 aliphatic heterocycles. The third-order valence-electron chi connectivity index (χ3n) is 5.18. The summed E-state index contributed by atoms with van der Waals surface area (Å²) in [5.74, 6) is 0. The minimum absolute atomic E-state index is 0.137. The lowest BCUT2D eigenvalue weighted by molar-refractivity contribution is -0.942. The predicted octanol–water partition coefficient (Wildman–Crippen LogP) is 6.49. The Morgan fingerprint density at radius 3 is 1.67 bits per heavy atom. The van der Waals surface area contributed by atoms with Crippen LogP contribution in [0.3, 0.4) is 0 Å². The third kappa shape index (κ3) is 10.9. The van der Waals surface area contributed by atoms with Gasteiger partial charge in [0.25, 0.3) is 0 Å². The second kappa shape index (κ2) is 15.5. The molecule has 0 aromatic carbocycles. The molecule has 0 rings (SSSR count). The van der Waals surface area contributed by atoms with Crippen LogP contribution in [-0.4, -0.2) is 40.8 Å². The summed E-state index contributed by atoms with van der Waals surface area (Å²) >= 11 is 6.69. The first-order valence-electron chi connectivity index (χ1n) is 10.7. The number of alkyl halides is 1. The summed E-state index contributed by atoms with van der Waals surface area (Å²) in [4.78, 5) is 0. The van der Waals surface area contributed by atoms with Gasteiger partial charge in [-0.1, -0.05) is 83.7 Å². The molecule has 0 heterocycles. The predicted molar refractivity (Wildman–Crippen MR) is 109 cm³/mol. The van der Waals surface area contributed by atoms with Gasteiger partial charge in [-0.05, 0) is 26.2 Å². The summed E-state index contributed by atoms with van der Waals surface area (Å²) < 4.78 is 0.892. The van der Waals surface area contributed by atoms with Gasteiger partial charge in [0, 0.05) is 6.42 Å². The van der Waals surface area contributed by atoms with Crippen LogP contribution in [0.5, 0.6) is 0 Å². The molecular formula is C21H45ClNO+. The first kappa shape index (κ1) is 24.2. The first-order valence-corrected chi connectivity index (χ1v) is 11.1. The van der Waals surface area contributed by atoms with E-state index in [-0.39, 0.29) is 11.6 Å². The fourth-order valence-electron chi connectivity index (χ4n) is 3.96. The summed E-state index contributed by atoms with van der Waals surface area (Å²) in [5.41, 5.74) is 0.137. The molecule has 0 aliphatic rings. The van der Waals surface area contributed by atoms with Gasteiger partial charge >= 0.3 is 0 Å². The van der Waals surface area contributed by atoms with E-state index in [1.54, 1.807) is 0 Å². The van der Waals surface area contributed by atoms with Crippen molar-refractivity contribution in [1.29, 1.82) is 0 Å². The molecule has 146 valence electrons. The van der Waals surface area contributed by atoms with Crippen LogP contribution in [0.2, 0.25) is 0 Å². The molecule has 3 unspecified atom stereocenters. The van der Waals surface area contributed by atoms with Gasteiger partial charge in [-0.15, -0.1) is 0 Å². The zero-order chi connectivity index (χ0) is 18.3. The van der Waals surface area contributed by atoms with Crippen LogP contribution in [0, 0.1) is 0 Å². The largest absolute Gasteiger partial charge is 0.388 e. The fourth-order valence-corrected chi connectivity index (χ4v) is 4.24. The molecule has 0 aromatic rings. The number of aliphatic hydroxyl groups is 1. The Morgan fingerprint density at radius 1 is 0.750 bits per heavy atom. The van der Waals surface area contributed by atoms with Crippen molar-refractivity contribution in [3.05, 3.63) is 0 Å². The normalized spacial score (nSPS) is 16.8. The SMILES string of the molecule is CCCCCCCCCCCC[N+](CCC)(CC(C)O)C(Cl)CC. The number of unbranched alkanes of at least 4 members (excludes halogenated alkanes) is 9. The first-order chi connectivity index (χ1) is 11.5. The van der Waals surface area contributed by atoms with Gasteiger partial charge in [0.15, 0.2) is 5.50 Å². The Morgan fingerprint density at radius 2 is 1.25 bits per heavy atom. The van der Waals surface area contributed by atoms with Crippen molar-refractivity contribution < 1.29 is 9.59 Å². The molecule has 0 aromatic heterocycles. The molecule has 0 aliphatic carbocycles. The molecule has 1 N–H and O–H groups in total. The van der Waals surface area contributed by atoms with Crippen LogP contribution < -0.4 is 0 Å². The minimum Gasteiger partial charge on any atom is -0.388 e. The number of rotatable bonds is 17. The smallest absolute Gasteiger partial charge is 0.164 e. The van der Waals surface area contributed by atoms with Crippen molar-refractivity contribution in [2.24, 2.45) is 0 Å². The van der Waals surface area contributed by atoms with E-state index in [4.69, 9.17) is 11.6 Å². The number of nitrogens with zero attached hydrogens (tertiary/aromatic N) is 1. The Hall–Kier alpha value is 0.210. The number of halogens is 1. The third-order valence-corrected chi connectivity index (χ3v) is 5.91. The van der Waals surface area contributed by atoms with Crippen LogP contribution in [0.25, 0.3) is 0 Å². The molecule has 24 heavy (non-hydrogen) atoms. The van der Waals surface area contributed by atoms with Gasteiger partial charge in [0.2, 0.25) is 0 Å². The molecule has 0 fully saturated rings. The summed E-state index contributed by atoms with van der Waals surface area (Å²) in [7, 11) is 0. The lowest BCUT2D eigenvalue weighted by Gasteiger charge is -2.43. The molecule has 0 spiro atoms. The molecule has 3 atom stereocenters. The van der Waals surface area contributed by atoms with Gasteiger partial charge in [-0.3, -0.25) is 0 Å². The molecular weight excluding hydrogens is 318 g/mol. The average molecular weight is 363 g/mol. The highest BCUT2D eigenvalue weighted by Crippen LogP contribution is 2.24. The number of quaternary nitrogens is 1. The van der Waals surface area contributed by atoms with E-state index in [0.29, 0.717) is 0 Å². The summed E-state index contributed by atoms with van der Waals surface area (Å²) in [6.07, 6.45) is 15.5. The maximum Gasteiger partial charge on any atom is 0.164 e. The highest BCUT2D eigenvalue weighted by Gasteiger charge is 2.34. The molecule has 3 heteroatoms. The molecule has 0 saturated heterocycles. The average Bonchev–Trinajstić information content (AvgIpc) is 2.55. The van der Waals surface area contributed by atoms with Gasteiger partial charge in [-0.25, -0.2) is 0 Å². The van der Waals surface area contributed by atoms with Crippen molar-refractivity contribution in [1.82, 2.24) is 0 Å². The van der Waals surface area contributed by atoms with Crippen molar-refractivity contribution >= 4 is 11.6 Å². The monoisotopic (exact) mass is 362 g/mol. The zero-order valence-corrected chi connectivity index (χ0v) is 17.8. The molecule has 2 nitrogen and oxygen atoms in total. The van der Waals surface area contributed by atoms with E-state index >= 15 is 0 Å².